The van der Waals surface area contributed by atoms with Crippen LogP contribution in [0.4, 0.5) is 0 Å². The van der Waals surface area contributed by atoms with E-state index in [1.807, 2.05) is 49.0 Å². The van der Waals surface area contributed by atoms with Crippen LogP contribution in [0.3, 0.4) is 0 Å². The van der Waals surface area contributed by atoms with Gasteiger partial charge in [0, 0.05) is 32.9 Å². The number of carbonyl (C=O) groups is 1. The molecule has 1 saturated heterocycles. The fourth-order valence-electron chi connectivity index (χ4n) is 3.26. The molecule has 0 N–H and O–H groups in total. The van der Waals surface area contributed by atoms with E-state index in [-0.39, 0.29) is 11.9 Å². The number of aryl methyl sites for hydroxylation is 2. The standard InChI is InChI=1S/C19H22N4O/c1-15-8-9-21(2)18(15)19(24)23-11-10-22(17(12-20)14-23)13-16-6-4-3-5-7-16/h3-9,17H,10-11,13-14H2,1-2H3. The third-order valence-corrected chi connectivity index (χ3v) is 4.63. The average Bonchev–Trinajstić information content (AvgIpc) is 2.94. The van der Waals surface area contributed by atoms with Gasteiger partial charge >= 0.3 is 0 Å². The highest BCUT2D eigenvalue weighted by atomic mass is 16.2. The molecule has 1 unspecified atom stereocenters. The smallest absolute Gasteiger partial charge is 0.270 e. The summed E-state index contributed by atoms with van der Waals surface area (Å²) in [5.74, 6) is 0.0135. The summed E-state index contributed by atoms with van der Waals surface area (Å²) in [5.41, 5.74) is 2.88. The number of benzene rings is 1. The normalized spacial score (nSPS) is 18.4. The molecule has 0 aliphatic carbocycles. The second kappa shape index (κ2) is 6.90. The third-order valence-electron chi connectivity index (χ3n) is 4.63. The van der Waals surface area contributed by atoms with Crippen molar-refractivity contribution in [2.45, 2.75) is 19.5 Å². The molecule has 1 aliphatic heterocycles. The number of hydrogen-bond acceptors (Lipinski definition) is 3. The van der Waals surface area contributed by atoms with Crippen LogP contribution in [0.15, 0.2) is 42.6 Å². The lowest BCUT2D eigenvalue weighted by Crippen LogP contribution is -2.54. The molecule has 1 aromatic heterocycles. The highest BCUT2D eigenvalue weighted by Gasteiger charge is 2.31. The Kier molecular flexibility index (Phi) is 4.68. The number of nitriles is 1. The molecule has 0 saturated carbocycles. The van der Waals surface area contributed by atoms with Gasteiger partial charge in [0.25, 0.3) is 5.91 Å². The van der Waals surface area contributed by atoms with Crippen LogP contribution in [0.1, 0.15) is 21.6 Å². The van der Waals surface area contributed by atoms with E-state index in [2.05, 4.69) is 23.1 Å². The number of hydrogen-bond donors (Lipinski definition) is 0. The molecule has 3 rings (SSSR count). The van der Waals surface area contributed by atoms with E-state index in [4.69, 9.17) is 0 Å². The lowest BCUT2D eigenvalue weighted by Gasteiger charge is -2.38. The molecule has 2 heterocycles. The summed E-state index contributed by atoms with van der Waals surface area (Å²) >= 11 is 0. The van der Waals surface area contributed by atoms with Gasteiger partial charge in [-0.15, -0.1) is 0 Å². The maximum Gasteiger partial charge on any atom is 0.270 e. The zero-order chi connectivity index (χ0) is 17.1. The molecule has 1 fully saturated rings. The second-order valence-corrected chi connectivity index (χ2v) is 6.31. The fourth-order valence-corrected chi connectivity index (χ4v) is 3.26. The number of nitrogens with zero attached hydrogens (tertiary/aromatic N) is 4. The van der Waals surface area contributed by atoms with E-state index in [1.54, 1.807) is 4.90 Å². The van der Waals surface area contributed by atoms with Gasteiger partial charge in [-0.3, -0.25) is 9.69 Å². The van der Waals surface area contributed by atoms with Gasteiger partial charge in [0.05, 0.1) is 12.6 Å². The monoisotopic (exact) mass is 322 g/mol. The number of aromatic nitrogens is 1. The largest absolute Gasteiger partial charge is 0.346 e. The van der Waals surface area contributed by atoms with Crippen LogP contribution in [0.25, 0.3) is 0 Å². The first-order valence-corrected chi connectivity index (χ1v) is 8.19. The molecule has 5 heteroatoms. The van der Waals surface area contributed by atoms with Gasteiger partial charge in [0.1, 0.15) is 11.7 Å². The van der Waals surface area contributed by atoms with Crippen molar-refractivity contribution in [2.24, 2.45) is 7.05 Å². The van der Waals surface area contributed by atoms with E-state index in [1.165, 1.54) is 5.56 Å². The first-order valence-electron chi connectivity index (χ1n) is 8.19. The van der Waals surface area contributed by atoms with Crippen LogP contribution in [-0.2, 0) is 13.6 Å². The van der Waals surface area contributed by atoms with Gasteiger partial charge < -0.3 is 9.47 Å². The summed E-state index contributed by atoms with van der Waals surface area (Å²) in [6.07, 6.45) is 1.90. The van der Waals surface area contributed by atoms with Crippen LogP contribution in [0.2, 0.25) is 0 Å². The van der Waals surface area contributed by atoms with Gasteiger partial charge in [-0.05, 0) is 24.1 Å². The van der Waals surface area contributed by atoms with Crippen LogP contribution in [0, 0.1) is 18.3 Å². The number of rotatable bonds is 3. The van der Waals surface area contributed by atoms with E-state index in [0.717, 1.165) is 12.1 Å². The van der Waals surface area contributed by atoms with E-state index in [0.29, 0.717) is 25.3 Å². The zero-order valence-electron chi connectivity index (χ0n) is 14.1. The minimum Gasteiger partial charge on any atom is -0.346 e. The predicted octanol–water partition coefficient (Wildman–Crippen LogP) is 2.18. The SMILES string of the molecule is Cc1ccn(C)c1C(=O)N1CCN(Cc2ccccc2)C(C#N)C1. The number of carbonyl (C=O) groups excluding carboxylic acids is 1. The molecule has 1 atom stereocenters. The van der Waals surface area contributed by atoms with Crippen LogP contribution >= 0.6 is 0 Å². The first kappa shape index (κ1) is 16.3. The van der Waals surface area contributed by atoms with Gasteiger partial charge in [-0.2, -0.15) is 5.26 Å². The van der Waals surface area contributed by atoms with Crippen LogP contribution in [0.5, 0.6) is 0 Å². The molecule has 0 radical (unpaired) electrons. The molecule has 24 heavy (non-hydrogen) atoms. The Hall–Kier alpha value is -2.58. The molecule has 1 amide bonds. The van der Waals surface area contributed by atoms with Crippen molar-refractivity contribution in [1.29, 1.82) is 5.26 Å². The van der Waals surface area contributed by atoms with Crippen LogP contribution in [-0.4, -0.2) is 46.0 Å². The van der Waals surface area contributed by atoms with Gasteiger partial charge in [-0.1, -0.05) is 30.3 Å². The van der Waals surface area contributed by atoms with Gasteiger partial charge in [0.15, 0.2) is 0 Å². The third kappa shape index (κ3) is 3.19. The summed E-state index contributed by atoms with van der Waals surface area (Å²) in [7, 11) is 1.88. The zero-order valence-corrected chi connectivity index (χ0v) is 14.1. The first-order chi connectivity index (χ1) is 11.6. The molecule has 1 aromatic carbocycles. The molecule has 2 aromatic rings. The minimum atomic E-state index is -0.275. The van der Waals surface area contributed by atoms with Crippen molar-refractivity contribution in [3.8, 4) is 6.07 Å². The van der Waals surface area contributed by atoms with Crippen LogP contribution < -0.4 is 0 Å². The topological polar surface area (TPSA) is 52.3 Å². The number of amides is 1. The second-order valence-electron chi connectivity index (χ2n) is 6.31. The molecule has 1 aliphatic rings. The Morgan fingerprint density at radius 1 is 1.25 bits per heavy atom. The molecular weight excluding hydrogens is 300 g/mol. The molecule has 5 nitrogen and oxygen atoms in total. The average molecular weight is 322 g/mol. The van der Waals surface area contributed by atoms with Crippen molar-refractivity contribution >= 4 is 5.91 Å². The maximum absolute atomic E-state index is 12.8. The van der Waals surface area contributed by atoms with Gasteiger partial charge in [-0.25, -0.2) is 0 Å². The van der Waals surface area contributed by atoms with Crippen molar-refractivity contribution in [3.63, 3.8) is 0 Å². The Morgan fingerprint density at radius 3 is 2.62 bits per heavy atom. The fraction of sp³-hybridized carbons (Fsp3) is 0.368. The van der Waals surface area contributed by atoms with Crippen molar-refractivity contribution in [1.82, 2.24) is 14.4 Å². The molecule has 124 valence electrons. The van der Waals surface area contributed by atoms with E-state index >= 15 is 0 Å². The van der Waals surface area contributed by atoms with Crippen molar-refractivity contribution in [3.05, 3.63) is 59.4 Å². The van der Waals surface area contributed by atoms with E-state index in [9.17, 15) is 10.1 Å². The Morgan fingerprint density at radius 2 is 2.00 bits per heavy atom. The predicted molar refractivity (Wildman–Crippen MR) is 92.3 cm³/mol. The Bertz CT molecular complexity index is 740. The Balaban J connectivity index is 1.71. The van der Waals surface area contributed by atoms with Crippen molar-refractivity contribution < 1.29 is 4.79 Å². The highest BCUT2D eigenvalue weighted by Crippen LogP contribution is 2.18. The summed E-state index contributed by atoms with van der Waals surface area (Å²) < 4.78 is 1.86. The molecular formula is C19H22N4O. The van der Waals surface area contributed by atoms with E-state index < -0.39 is 0 Å². The number of piperazine rings is 1. The quantitative estimate of drug-likeness (QED) is 0.870. The minimum absolute atomic E-state index is 0.0135. The maximum atomic E-state index is 12.8. The lowest BCUT2D eigenvalue weighted by molar-refractivity contribution is 0.0542. The van der Waals surface area contributed by atoms with Gasteiger partial charge in [0.2, 0.25) is 0 Å². The molecule has 0 bridgehead atoms. The summed E-state index contributed by atoms with van der Waals surface area (Å²) in [4.78, 5) is 16.8. The summed E-state index contributed by atoms with van der Waals surface area (Å²) in [6.45, 7) is 4.49. The Labute approximate surface area is 142 Å². The van der Waals surface area contributed by atoms with Crippen molar-refractivity contribution in [2.75, 3.05) is 19.6 Å². The highest BCUT2D eigenvalue weighted by molar-refractivity contribution is 5.94. The lowest BCUT2D eigenvalue weighted by atomic mass is 10.1. The molecule has 0 spiro atoms. The summed E-state index contributed by atoms with van der Waals surface area (Å²) in [5, 5.41) is 9.54. The summed E-state index contributed by atoms with van der Waals surface area (Å²) in [6, 6.07) is 14.2.